The largest absolute Gasteiger partial charge is 0.269 e. The van der Waals surface area contributed by atoms with Crippen molar-refractivity contribution in [3.05, 3.63) is 104 Å². The molecule has 152 valence electrons. The zero-order chi connectivity index (χ0) is 21.4. The highest BCUT2D eigenvalue weighted by atomic mass is 32.1. The second kappa shape index (κ2) is 8.19. The summed E-state index contributed by atoms with van der Waals surface area (Å²) in [6.07, 6.45) is 1.97. The summed E-state index contributed by atoms with van der Waals surface area (Å²) in [6.45, 7) is 2.02. The molecule has 0 saturated heterocycles. The summed E-state index contributed by atoms with van der Waals surface area (Å²) in [6, 6.07) is 23.4. The van der Waals surface area contributed by atoms with Crippen molar-refractivity contribution >= 4 is 34.9 Å². The fourth-order valence-electron chi connectivity index (χ4n) is 3.36. The van der Waals surface area contributed by atoms with Gasteiger partial charge in [0, 0.05) is 22.7 Å². The third-order valence-electron chi connectivity index (χ3n) is 4.90. The van der Waals surface area contributed by atoms with Crippen molar-refractivity contribution < 1.29 is 0 Å². The first-order valence-corrected chi connectivity index (χ1v) is 11.7. The Labute approximate surface area is 192 Å². The quantitative estimate of drug-likeness (QED) is 0.287. The minimum atomic E-state index is -0.146. The Bertz CT molecular complexity index is 1430. The van der Waals surface area contributed by atoms with Crippen LogP contribution in [0.5, 0.6) is 0 Å². The first kappa shape index (κ1) is 19.8. The van der Waals surface area contributed by atoms with Gasteiger partial charge in [0.2, 0.25) is 0 Å². The van der Waals surface area contributed by atoms with E-state index in [4.69, 9.17) is 17.3 Å². The summed E-state index contributed by atoms with van der Waals surface area (Å²) in [4.78, 5) is 14.9. The van der Waals surface area contributed by atoms with Crippen molar-refractivity contribution in [2.24, 2.45) is 0 Å². The molecule has 31 heavy (non-hydrogen) atoms. The maximum Gasteiger partial charge on any atom is 0.258 e. The fraction of sp³-hybridized carbons (Fsp3) is 0.0417. The highest BCUT2D eigenvalue weighted by molar-refractivity contribution is 7.73. The van der Waals surface area contributed by atoms with Crippen LogP contribution < -0.4 is 5.56 Å². The van der Waals surface area contributed by atoms with Crippen LogP contribution in [0.4, 0.5) is 0 Å². The molecule has 0 amide bonds. The molecule has 0 aliphatic rings. The lowest BCUT2D eigenvalue weighted by atomic mass is 10.2. The molecular formula is C24H17N3OS3. The number of benzene rings is 2. The van der Waals surface area contributed by atoms with Crippen LogP contribution >= 0.6 is 34.9 Å². The van der Waals surface area contributed by atoms with Gasteiger partial charge in [0.15, 0.2) is 3.95 Å². The van der Waals surface area contributed by atoms with E-state index in [0.717, 1.165) is 37.9 Å². The first-order valence-electron chi connectivity index (χ1n) is 9.64. The van der Waals surface area contributed by atoms with Crippen LogP contribution in [0.15, 0.2) is 89.2 Å². The van der Waals surface area contributed by atoms with Gasteiger partial charge in [0.1, 0.15) is 5.69 Å². The van der Waals surface area contributed by atoms with Crippen LogP contribution in [-0.2, 0) is 0 Å². The Balaban J connectivity index is 1.68. The topological polar surface area (TPSA) is 39.8 Å². The molecule has 5 rings (SSSR count). The van der Waals surface area contributed by atoms with Gasteiger partial charge in [-0.05, 0) is 54.9 Å². The van der Waals surface area contributed by atoms with Gasteiger partial charge < -0.3 is 0 Å². The Hall–Kier alpha value is -3.13. The monoisotopic (exact) mass is 459 g/mol. The Morgan fingerprint density at radius 1 is 0.903 bits per heavy atom. The average molecular weight is 460 g/mol. The van der Waals surface area contributed by atoms with E-state index in [0.29, 0.717) is 3.95 Å². The lowest BCUT2D eigenvalue weighted by Crippen LogP contribution is -2.17. The Morgan fingerprint density at radius 2 is 1.68 bits per heavy atom. The van der Waals surface area contributed by atoms with Crippen LogP contribution in [0.3, 0.4) is 0 Å². The molecule has 2 aromatic carbocycles. The lowest BCUT2D eigenvalue weighted by Gasteiger charge is -2.07. The Morgan fingerprint density at radius 3 is 2.35 bits per heavy atom. The van der Waals surface area contributed by atoms with E-state index >= 15 is 0 Å². The number of hydrogen-bond acceptors (Lipinski definition) is 5. The maximum atomic E-state index is 13.1. The van der Waals surface area contributed by atoms with E-state index in [-0.39, 0.29) is 5.56 Å². The third kappa shape index (κ3) is 3.83. The van der Waals surface area contributed by atoms with E-state index in [1.165, 1.54) is 11.3 Å². The van der Waals surface area contributed by atoms with Gasteiger partial charge in [-0.25, -0.2) is 4.68 Å². The van der Waals surface area contributed by atoms with Crippen molar-refractivity contribution in [3.63, 3.8) is 0 Å². The van der Waals surface area contributed by atoms with Gasteiger partial charge >= 0.3 is 0 Å². The molecule has 0 bridgehead atoms. The van der Waals surface area contributed by atoms with Gasteiger partial charge in [-0.2, -0.15) is 5.10 Å². The summed E-state index contributed by atoms with van der Waals surface area (Å²) in [5.41, 5.74) is 4.47. The highest BCUT2D eigenvalue weighted by Crippen LogP contribution is 2.36. The predicted octanol–water partition coefficient (Wildman–Crippen LogP) is 6.52. The van der Waals surface area contributed by atoms with Gasteiger partial charge in [-0.1, -0.05) is 42.0 Å². The highest BCUT2D eigenvalue weighted by Gasteiger charge is 2.17. The Kier molecular flexibility index (Phi) is 5.23. The molecule has 5 aromatic rings. The number of aromatic nitrogens is 3. The number of hydrogen-bond donors (Lipinski definition) is 0. The van der Waals surface area contributed by atoms with Crippen LogP contribution in [-0.4, -0.2) is 14.3 Å². The van der Waals surface area contributed by atoms with Gasteiger partial charge in [0.25, 0.3) is 5.56 Å². The number of nitrogens with zero attached hydrogens (tertiary/aromatic N) is 3. The van der Waals surface area contributed by atoms with Crippen LogP contribution in [0.2, 0.25) is 0 Å². The zero-order valence-corrected chi connectivity index (χ0v) is 19.0. The minimum absolute atomic E-state index is 0.146. The predicted molar refractivity (Wildman–Crippen MR) is 131 cm³/mol. The molecule has 0 spiro atoms. The summed E-state index contributed by atoms with van der Waals surface area (Å²) in [5, 5.41) is 6.87. The average Bonchev–Trinajstić information content (AvgIpc) is 3.45. The zero-order valence-electron chi connectivity index (χ0n) is 16.6. The van der Waals surface area contributed by atoms with Crippen molar-refractivity contribution in [1.82, 2.24) is 14.3 Å². The van der Waals surface area contributed by atoms with E-state index in [1.807, 2.05) is 89.9 Å². The molecule has 3 heterocycles. The molecule has 0 N–H and O–H groups in total. The van der Waals surface area contributed by atoms with E-state index in [9.17, 15) is 4.79 Å². The lowest BCUT2D eigenvalue weighted by molar-refractivity contribution is 0.885. The van der Waals surface area contributed by atoms with Gasteiger partial charge in [-0.3, -0.25) is 9.36 Å². The van der Waals surface area contributed by atoms with Crippen LogP contribution in [0.25, 0.3) is 32.4 Å². The molecule has 0 atom stereocenters. The molecule has 0 radical (unpaired) electrons. The smallest absolute Gasteiger partial charge is 0.258 e. The summed E-state index contributed by atoms with van der Waals surface area (Å²) in [7, 11) is 0. The fourth-order valence-corrected chi connectivity index (χ4v) is 5.44. The normalized spacial score (nSPS) is 11.0. The maximum absolute atomic E-state index is 13.1. The van der Waals surface area contributed by atoms with Crippen molar-refractivity contribution in [2.45, 2.75) is 6.92 Å². The number of thiophene rings is 1. The van der Waals surface area contributed by atoms with Crippen molar-refractivity contribution in [1.29, 1.82) is 0 Å². The molecule has 0 saturated carbocycles. The summed E-state index contributed by atoms with van der Waals surface area (Å²) in [5.74, 6) is 0. The number of rotatable bonds is 4. The molecule has 0 unspecified atom stereocenters. The second-order valence-electron chi connectivity index (χ2n) is 7.03. The van der Waals surface area contributed by atoms with Crippen LogP contribution in [0, 0.1) is 10.9 Å². The van der Waals surface area contributed by atoms with E-state index in [1.54, 1.807) is 22.0 Å². The number of aryl methyl sites for hydroxylation is 1. The van der Waals surface area contributed by atoms with E-state index in [2.05, 4.69) is 0 Å². The first-order chi connectivity index (χ1) is 15.1. The van der Waals surface area contributed by atoms with Crippen LogP contribution in [0.1, 0.15) is 5.56 Å². The number of para-hydroxylation sites is 1. The second-order valence-corrected chi connectivity index (χ2v) is 9.66. The summed E-state index contributed by atoms with van der Waals surface area (Å²) < 4.78 is 3.94. The van der Waals surface area contributed by atoms with Crippen molar-refractivity contribution in [3.8, 4) is 32.4 Å². The SMILES string of the molecule is Cc1ccc(-n2c(=O)cc(-c3cn(-c4ccccc4)nc3-c3cccs3)sc2=S)cc1. The standard InChI is InChI=1S/C24H17N3OS3/c1-16-9-11-18(12-10-16)27-22(28)14-21(31-24(27)29)19-15-26(17-6-3-2-4-7-17)25-23(19)20-8-5-13-30-20/h2-15H,1H3. The summed E-state index contributed by atoms with van der Waals surface area (Å²) >= 11 is 8.68. The molecule has 4 nitrogen and oxygen atoms in total. The molecule has 7 heteroatoms. The third-order valence-corrected chi connectivity index (χ3v) is 7.13. The molecule has 0 aliphatic heterocycles. The van der Waals surface area contributed by atoms with E-state index < -0.39 is 0 Å². The molecule has 0 fully saturated rings. The minimum Gasteiger partial charge on any atom is -0.269 e. The van der Waals surface area contributed by atoms with Crippen molar-refractivity contribution in [2.75, 3.05) is 0 Å². The molecular weight excluding hydrogens is 442 g/mol. The molecule has 0 aliphatic carbocycles. The van der Waals surface area contributed by atoms with Gasteiger partial charge in [0.05, 0.1) is 16.3 Å². The van der Waals surface area contributed by atoms with Gasteiger partial charge in [-0.15, -0.1) is 22.7 Å². The molecule has 3 aromatic heterocycles.